The van der Waals surface area contributed by atoms with Crippen molar-refractivity contribution in [2.75, 3.05) is 19.6 Å². The Morgan fingerprint density at radius 2 is 1.67 bits per heavy atom. The summed E-state index contributed by atoms with van der Waals surface area (Å²) >= 11 is 0. The van der Waals surface area contributed by atoms with Gasteiger partial charge in [-0.15, -0.1) is 0 Å². The summed E-state index contributed by atoms with van der Waals surface area (Å²) in [7, 11) is 0. The van der Waals surface area contributed by atoms with Crippen LogP contribution in [0.3, 0.4) is 0 Å². The number of aromatic nitrogens is 2. The van der Waals surface area contributed by atoms with Crippen molar-refractivity contribution >= 4 is 11.8 Å². The molecule has 4 bridgehead atoms. The fraction of sp³-hybridized carbons (Fsp3) is 0.708. The van der Waals surface area contributed by atoms with Crippen LogP contribution in [0, 0.1) is 23.2 Å². The van der Waals surface area contributed by atoms with E-state index in [2.05, 4.69) is 16.4 Å². The van der Waals surface area contributed by atoms with Gasteiger partial charge < -0.3 is 14.4 Å². The summed E-state index contributed by atoms with van der Waals surface area (Å²) < 4.78 is 2.17. The Morgan fingerprint density at radius 1 is 1.03 bits per heavy atom. The molecule has 7 rings (SSSR count). The molecule has 0 radical (unpaired) electrons. The minimum atomic E-state index is -0.0979. The highest BCUT2D eigenvalue weighted by molar-refractivity contribution is 5.84. The summed E-state index contributed by atoms with van der Waals surface area (Å²) in [4.78, 5) is 35.2. The molecule has 160 valence electrons. The van der Waals surface area contributed by atoms with Crippen LogP contribution in [0.2, 0.25) is 0 Å². The molecule has 0 spiro atoms. The van der Waals surface area contributed by atoms with E-state index < -0.39 is 0 Å². The van der Waals surface area contributed by atoms with Crippen molar-refractivity contribution in [3.05, 3.63) is 29.9 Å². The Balaban J connectivity index is 1.20. The Bertz CT molecular complexity index is 873. The van der Waals surface area contributed by atoms with Crippen molar-refractivity contribution in [3.8, 4) is 0 Å². The van der Waals surface area contributed by atoms with Crippen LogP contribution < -0.4 is 0 Å². The second kappa shape index (κ2) is 6.69. The predicted molar refractivity (Wildman–Crippen MR) is 112 cm³/mol. The highest BCUT2D eigenvalue weighted by Gasteiger charge is 2.56. The van der Waals surface area contributed by atoms with Gasteiger partial charge in [0.15, 0.2) is 0 Å². The molecule has 0 N–H and O–H groups in total. The molecule has 6 aliphatic rings. The van der Waals surface area contributed by atoms with Crippen molar-refractivity contribution < 1.29 is 9.59 Å². The lowest BCUT2D eigenvalue weighted by Crippen LogP contribution is -2.56. The lowest BCUT2D eigenvalue weighted by Gasteiger charge is -2.57. The van der Waals surface area contributed by atoms with Crippen LogP contribution in [0.5, 0.6) is 0 Å². The summed E-state index contributed by atoms with van der Waals surface area (Å²) in [5.41, 5.74) is 0.733. The zero-order valence-corrected chi connectivity index (χ0v) is 17.9. The van der Waals surface area contributed by atoms with Crippen LogP contribution in [0.25, 0.3) is 0 Å². The molecule has 1 aromatic heterocycles. The number of hydrogen-bond donors (Lipinski definition) is 0. The first-order valence-corrected chi connectivity index (χ1v) is 11.8. The standard InChI is InChI=1S/C24H32N4O2/c1-16-22-25-20(11-21(29)26-4-2-3-5-26)15-27(22)6-7-28(16)23(30)24-12-17-8-18(13-24)10-19(9-17)14-24/h2-3,15-19H,4-14H2,1H3/t16-,17?,18?,19?,24?/m0/s1. The molecule has 2 amide bonds. The van der Waals surface area contributed by atoms with Gasteiger partial charge in [-0.25, -0.2) is 4.98 Å². The third-order valence-electron chi connectivity index (χ3n) is 8.54. The summed E-state index contributed by atoms with van der Waals surface area (Å²) in [5, 5.41) is 0. The maximum absolute atomic E-state index is 13.9. The number of amides is 2. The van der Waals surface area contributed by atoms with E-state index in [1.807, 2.05) is 23.2 Å². The van der Waals surface area contributed by atoms with Crippen LogP contribution in [-0.4, -0.2) is 50.8 Å². The van der Waals surface area contributed by atoms with Gasteiger partial charge in [0.2, 0.25) is 11.8 Å². The van der Waals surface area contributed by atoms with Crippen LogP contribution in [-0.2, 0) is 22.6 Å². The first-order chi connectivity index (χ1) is 14.5. The molecule has 6 nitrogen and oxygen atoms in total. The smallest absolute Gasteiger partial charge is 0.229 e. The van der Waals surface area contributed by atoms with E-state index >= 15 is 0 Å². The Labute approximate surface area is 178 Å². The van der Waals surface area contributed by atoms with Crippen molar-refractivity contribution in [1.29, 1.82) is 0 Å². The molecular formula is C24H32N4O2. The summed E-state index contributed by atoms with van der Waals surface area (Å²) in [6, 6.07) is -0.0171. The molecule has 0 saturated heterocycles. The van der Waals surface area contributed by atoms with Gasteiger partial charge >= 0.3 is 0 Å². The number of carbonyl (C=O) groups is 2. The van der Waals surface area contributed by atoms with Crippen LogP contribution >= 0.6 is 0 Å². The van der Waals surface area contributed by atoms with E-state index in [0.29, 0.717) is 25.4 Å². The van der Waals surface area contributed by atoms with Gasteiger partial charge in [0.25, 0.3) is 0 Å². The minimum Gasteiger partial charge on any atom is -0.335 e. The molecule has 0 unspecified atom stereocenters. The Kier molecular flexibility index (Phi) is 4.16. The predicted octanol–water partition coefficient (Wildman–Crippen LogP) is 2.94. The topological polar surface area (TPSA) is 58.4 Å². The maximum Gasteiger partial charge on any atom is 0.229 e. The van der Waals surface area contributed by atoms with E-state index in [1.165, 1.54) is 19.3 Å². The van der Waals surface area contributed by atoms with Crippen molar-refractivity contribution in [1.82, 2.24) is 19.4 Å². The number of imidazole rings is 1. The third kappa shape index (κ3) is 2.86. The zero-order chi connectivity index (χ0) is 20.5. The van der Waals surface area contributed by atoms with Gasteiger partial charge in [0, 0.05) is 32.4 Å². The average Bonchev–Trinajstić information content (AvgIpc) is 3.37. The first-order valence-electron chi connectivity index (χ1n) is 11.8. The molecule has 4 saturated carbocycles. The number of hydrogen-bond acceptors (Lipinski definition) is 3. The fourth-order valence-corrected chi connectivity index (χ4v) is 7.54. The monoisotopic (exact) mass is 408 g/mol. The van der Waals surface area contributed by atoms with Crippen molar-refractivity contribution in [3.63, 3.8) is 0 Å². The van der Waals surface area contributed by atoms with Gasteiger partial charge in [-0.3, -0.25) is 9.59 Å². The second-order valence-corrected chi connectivity index (χ2v) is 10.6. The van der Waals surface area contributed by atoms with Crippen molar-refractivity contribution in [2.45, 2.75) is 64.5 Å². The summed E-state index contributed by atoms with van der Waals surface area (Å²) in [6.07, 6.45) is 13.8. The minimum absolute atomic E-state index is 0.0171. The molecule has 1 atom stereocenters. The van der Waals surface area contributed by atoms with Crippen molar-refractivity contribution in [2.24, 2.45) is 23.2 Å². The second-order valence-electron chi connectivity index (χ2n) is 10.6. The molecule has 2 aliphatic heterocycles. The molecular weight excluding hydrogens is 376 g/mol. The van der Waals surface area contributed by atoms with Gasteiger partial charge in [-0.05, 0) is 63.2 Å². The van der Waals surface area contributed by atoms with Crippen LogP contribution in [0.15, 0.2) is 18.3 Å². The van der Waals surface area contributed by atoms with Gasteiger partial charge in [0.05, 0.1) is 23.6 Å². The molecule has 4 fully saturated rings. The number of fused-ring (bicyclic) bond motifs is 1. The van der Waals surface area contributed by atoms with Crippen LogP contribution in [0.4, 0.5) is 0 Å². The lowest BCUT2D eigenvalue weighted by atomic mass is 9.49. The number of rotatable bonds is 3. The molecule has 30 heavy (non-hydrogen) atoms. The van der Waals surface area contributed by atoms with Crippen LogP contribution in [0.1, 0.15) is 63.0 Å². The van der Waals surface area contributed by atoms with E-state index in [4.69, 9.17) is 4.98 Å². The third-order valence-corrected chi connectivity index (χ3v) is 8.54. The van der Waals surface area contributed by atoms with E-state index in [9.17, 15) is 9.59 Å². The zero-order valence-electron chi connectivity index (χ0n) is 17.9. The molecule has 4 aliphatic carbocycles. The molecule has 3 heterocycles. The Hall–Kier alpha value is -2.11. The largest absolute Gasteiger partial charge is 0.335 e. The quantitative estimate of drug-likeness (QED) is 0.723. The normalized spacial score (nSPS) is 36.4. The fourth-order valence-electron chi connectivity index (χ4n) is 7.54. The van der Waals surface area contributed by atoms with E-state index in [-0.39, 0.29) is 17.4 Å². The highest BCUT2D eigenvalue weighted by Crippen LogP contribution is 2.61. The van der Waals surface area contributed by atoms with E-state index in [0.717, 1.165) is 61.6 Å². The summed E-state index contributed by atoms with van der Waals surface area (Å²) in [5.74, 6) is 3.80. The first kappa shape index (κ1) is 18.6. The van der Waals surface area contributed by atoms with Gasteiger partial charge in [-0.1, -0.05) is 12.2 Å². The van der Waals surface area contributed by atoms with E-state index in [1.54, 1.807) is 0 Å². The summed E-state index contributed by atoms with van der Waals surface area (Å²) in [6.45, 7) is 5.07. The molecule has 6 heteroatoms. The highest BCUT2D eigenvalue weighted by atomic mass is 16.2. The van der Waals surface area contributed by atoms with Gasteiger partial charge in [-0.2, -0.15) is 0 Å². The molecule has 0 aromatic carbocycles. The van der Waals surface area contributed by atoms with Gasteiger partial charge in [0.1, 0.15) is 5.82 Å². The lowest BCUT2D eigenvalue weighted by molar-refractivity contribution is -0.161. The number of carbonyl (C=O) groups excluding carboxylic acids is 2. The Morgan fingerprint density at radius 3 is 2.30 bits per heavy atom. The average molecular weight is 409 g/mol. The maximum atomic E-state index is 13.9. The number of nitrogens with zero attached hydrogens (tertiary/aromatic N) is 4. The molecule has 1 aromatic rings. The SMILES string of the molecule is C[C@H]1c2nc(CC(=O)N3CC=CC3)cn2CCN1C(=O)C12CC3CC(CC(C3)C1)C2.